The van der Waals surface area contributed by atoms with Crippen LogP contribution in [0.1, 0.15) is 34.8 Å². The predicted molar refractivity (Wildman–Crippen MR) is 108 cm³/mol. The van der Waals surface area contributed by atoms with Crippen molar-refractivity contribution in [2.45, 2.75) is 18.8 Å². The van der Waals surface area contributed by atoms with Gasteiger partial charge in [-0.25, -0.2) is 0 Å². The highest BCUT2D eigenvalue weighted by molar-refractivity contribution is 6.06. The van der Waals surface area contributed by atoms with Crippen LogP contribution in [0.5, 0.6) is 0 Å². The summed E-state index contributed by atoms with van der Waals surface area (Å²) in [5.74, 6) is 0.680. The van der Waals surface area contributed by atoms with E-state index in [9.17, 15) is 4.79 Å². The third-order valence-electron chi connectivity index (χ3n) is 5.65. The van der Waals surface area contributed by atoms with Gasteiger partial charge in [0.15, 0.2) is 0 Å². The number of nitrogens with zero attached hydrogens (tertiary/aromatic N) is 3. The molecule has 0 bridgehead atoms. The molecule has 1 aliphatic carbocycles. The first kappa shape index (κ1) is 16.3. The normalized spacial score (nSPS) is 17.3. The van der Waals surface area contributed by atoms with Crippen LogP contribution < -0.4 is 4.90 Å². The number of piperazine rings is 1. The van der Waals surface area contributed by atoms with Gasteiger partial charge in [0.05, 0.1) is 11.1 Å². The van der Waals surface area contributed by atoms with Gasteiger partial charge in [-0.1, -0.05) is 36.4 Å². The van der Waals surface area contributed by atoms with Crippen LogP contribution in [0.25, 0.3) is 10.9 Å². The lowest BCUT2D eigenvalue weighted by atomic mass is 10.0. The van der Waals surface area contributed by atoms with E-state index < -0.39 is 0 Å². The molecule has 1 aliphatic heterocycles. The van der Waals surface area contributed by atoms with Crippen LogP contribution in [0.3, 0.4) is 0 Å². The molecule has 5 rings (SSSR count). The second-order valence-electron chi connectivity index (χ2n) is 7.50. The quantitative estimate of drug-likeness (QED) is 0.709. The molecule has 0 N–H and O–H groups in total. The zero-order valence-electron chi connectivity index (χ0n) is 15.3. The van der Waals surface area contributed by atoms with Gasteiger partial charge in [0, 0.05) is 48.9 Å². The van der Waals surface area contributed by atoms with Gasteiger partial charge < -0.3 is 9.80 Å². The highest BCUT2D eigenvalue weighted by Gasteiger charge is 2.29. The Bertz CT molecular complexity index is 973. The van der Waals surface area contributed by atoms with Crippen LogP contribution in [0.15, 0.2) is 60.7 Å². The summed E-state index contributed by atoms with van der Waals surface area (Å²) in [6, 6.07) is 20.5. The van der Waals surface area contributed by atoms with Crippen molar-refractivity contribution in [2.24, 2.45) is 0 Å². The van der Waals surface area contributed by atoms with Gasteiger partial charge in [0.1, 0.15) is 0 Å². The second-order valence-corrected chi connectivity index (χ2v) is 7.50. The van der Waals surface area contributed by atoms with E-state index in [1.807, 2.05) is 41.3 Å². The average molecular weight is 357 g/mol. The minimum atomic E-state index is 0.142. The summed E-state index contributed by atoms with van der Waals surface area (Å²) in [6.07, 6.45) is 2.38. The number of carbonyl (C=O) groups excluding carboxylic acids is 1. The number of rotatable bonds is 3. The number of amides is 1. The summed E-state index contributed by atoms with van der Waals surface area (Å²) in [6.45, 7) is 3.24. The molecule has 3 aromatic rings. The lowest BCUT2D eigenvalue weighted by molar-refractivity contribution is 0.0748. The van der Waals surface area contributed by atoms with Crippen molar-refractivity contribution in [3.63, 3.8) is 0 Å². The Balaban J connectivity index is 1.40. The van der Waals surface area contributed by atoms with Crippen LogP contribution in [0.4, 0.5) is 5.69 Å². The average Bonchev–Trinajstić information content (AvgIpc) is 3.59. The molecule has 0 spiro atoms. The number of aromatic nitrogens is 1. The number of para-hydroxylation sites is 2. The first-order valence-electron chi connectivity index (χ1n) is 9.78. The van der Waals surface area contributed by atoms with Crippen LogP contribution in [-0.2, 0) is 0 Å². The highest BCUT2D eigenvalue weighted by atomic mass is 16.2. The van der Waals surface area contributed by atoms with Crippen molar-refractivity contribution in [1.82, 2.24) is 9.88 Å². The first-order chi connectivity index (χ1) is 13.3. The Kier molecular flexibility index (Phi) is 4.04. The smallest absolute Gasteiger partial charge is 0.254 e. The fourth-order valence-electron chi connectivity index (χ4n) is 3.94. The molecule has 136 valence electrons. The lowest BCUT2D eigenvalue weighted by Gasteiger charge is -2.36. The summed E-state index contributed by atoms with van der Waals surface area (Å²) >= 11 is 0. The van der Waals surface area contributed by atoms with Crippen molar-refractivity contribution in [3.05, 3.63) is 71.9 Å². The SMILES string of the molecule is O=C(c1cc(C2CC2)nc2ccccc12)N1CCN(c2ccccc2)CC1. The molecule has 4 heteroatoms. The molecule has 0 radical (unpaired) electrons. The maximum Gasteiger partial charge on any atom is 0.254 e. The zero-order chi connectivity index (χ0) is 18.2. The number of hydrogen-bond donors (Lipinski definition) is 0. The summed E-state index contributed by atoms with van der Waals surface area (Å²) in [5, 5.41) is 0.970. The number of pyridine rings is 1. The number of fused-ring (bicyclic) bond motifs is 1. The molecule has 27 heavy (non-hydrogen) atoms. The molecule has 2 aromatic carbocycles. The van der Waals surface area contributed by atoms with Crippen LogP contribution in [0, 0.1) is 0 Å². The third kappa shape index (κ3) is 3.16. The summed E-state index contributed by atoms with van der Waals surface area (Å²) in [5.41, 5.74) is 4.07. The summed E-state index contributed by atoms with van der Waals surface area (Å²) in [4.78, 5) is 22.5. The number of benzene rings is 2. The number of hydrogen-bond acceptors (Lipinski definition) is 3. The first-order valence-corrected chi connectivity index (χ1v) is 9.78. The maximum atomic E-state index is 13.3. The van der Waals surface area contributed by atoms with Crippen molar-refractivity contribution in [2.75, 3.05) is 31.1 Å². The molecule has 0 atom stereocenters. The topological polar surface area (TPSA) is 36.4 Å². The molecular weight excluding hydrogens is 334 g/mol. The number of anilines is 1. The Morgan fingerprint density at radius 3 is 2.33 bits per heavy atom. The Labute approximate surface area is 159 Å². The minimum Gasteiger partial charge on any atom is -0.368 e. The Morgan fingerprint density at radius 2 is 1.59 bits per heavy atom. The molecular formula is C23H23N3O. The molecule has 1 saturated carbocycles. The van der Waals surface area contributed by atoms with Gasteiger partial charge in [0.25, 0.3) is 5.91 Å². The highest BCUT2D eigenvalue weighted by Crippen LogP contribution is 2.40. The van der Waals surface area contributed by atoms with Crippen molar-refractivity contribution < 1.29 is 4.79 Å². The molecule has 1 saturated heterocycles. The molecule has 1 amide bonds. The van der Waals surface area contributed by atoms with Crippen molar-refractivity contribution in [3.8, 4) is 0 Å². The van der Waals surface area contributed by atoms with Gasteiger partial charge in [-0.3, -0.25) is 9.78 Å². The van der Waals surface area contributed by atoms with Gasteiger partial charge >= 0.3 is 0 Å². The molecule has 1 aromatic heterocycles. The van der Waals surface area contributed by atoms with Gasteiger partial charge in [-0.15, -0.1) is 0 Å². The maximum absolute atomic E-state index is 13.3. The fourth-order valence-corrected chi connectivity index (χ4v) is 3.94. The predicted octanol–water partition coefficient (Wildman–Crippen LogP) is 4.07. The van der Waals surface area contributed by atoms with Crippen LogP contribution in [0.2, 0.25) is 0 Å². The zero-order valence-corrected chi connectivity index (χ0v) is 15.3. The van der Waals surface area contributed by atoms with E-state index in [1.54, 1.807) is 0 Å². The Hall–Kier alpha value is -2.88. The second kappa shape index (κ2) is 6.69. The van der Waals surface area contributed by atoms with Gasteiger partial charge in [-0.05, 0) is 37.1 Å². The van der Waals surface area contributed by atoms with Crippen LogP contribution in [-0.4, -0.2) is 42.0 Å². The minimum absolute atomic E-state index is 0.142. The van der Waals surface area contributed by atoms with E-state index in [0.29, 0.717) is 5.92 Å². The molecule has 4 nitrogen and oxygen atoms in total. The Morgan fingerprint density at radius 1 is 0.889 bits per heavy atom. The monoisotopic (exact) mass is 357 g/mol. The van der Waals surface area contributed by atoms with Crippen LogP contribution >= 0.6 is 0 Å². The standard InChI is InChI=1S/C23H23N3O/c27-23(26-14-12-25(13-15-26)18-6-2-1-3-7-18)20-16-22(17-10-11-17)24-21-9-5-4-8-19(20)21/h1-9,16-17H,10-15H2. The van der Waals surface area contributed by atoms with E-state index in [4.69, 9.17) is 4.98 Å². The molecule has 2 fully saturated rings. The molecule has 2 aliphatic rings. The molecule has 2 heterocycles. The van der Waals surface area contributed by atoms with E-state index in [1.165, 1.54) is 18.5 Å². The summed E-state index contributed by atoms with van der Waals surface area (Å²) in [7, 11) is 0. The third-order valence-corrected chi connectivity index (χ3v) is 5.65. The van der Waals surface area contributed by atoms with Gasteiger partial charge in [-0.2, -0.15) is 0 Å². The summed E-state index contributed by atoms with van der Waals surface area (Å²) < 4.78 is 0. The van der Waals surface area contributed by atoms with Crippen molar-refractivity contribution in [1.29, 1.82) is 0 Å². The van der Waals surface area contributed by atoms with Gasteiger partial charge in [0.2, 0.25) is 0 Å². The van der Waals surface area contributed by atoms with E-state index in [0.717, 1.165) is 48.3 Å². The van der Waals surface area contributed by atoms with Crippen molar-refractivity contribution >= 4 is 22.5 Å². The van der Waals surface area contributed by atoms with E-state index in [-0.39, 0.29) is 5.91 Å². The largest absolute Gasteiger partial charge is 0.368 e. The lowest BCUT2D eigenvalue weighted by Crippen LogP contribution is -2.48. The number of carbonyl (C=O) groups is 1. The van der Waals surface area contributed by atoms with E-state index >= 15 is 0 Å². The fraction of sp³-hybridized carbons (Fsp3) is 0.304. The molecule has 0 unspecified atom stereocenters. The van der Waals surface area contributed by atoms with E-state index in [2.05, 4.69) is 29.2 Å².